The highest BCUT2D eigenvalue weighted by atomic mass is 35.5. The first-order valence-electron chi connectivity index (χ1n) is 11.6. The molecule has 0 saturated heterocycles. The van der Waals surface area contributed by atoms with Crippen LogP contribution >= 0.6 is 11.6 Å². The van der Waals surface area contributed by atoms with Crippen molar-refractivity contribution in [2.75, 3.05) is 6.61 Å². The number of nitrogens with zero attached hydrogens (tertiary/aromatic N) is 1. The average molecular weight is 473 g/mol. The molecule has 0 fully saturated rings. The second-order valence-corrected chi connectivity index (χ2v) is 9.83. The molecule has 0 aliphatic carbocycles. The van der Waals surface area contributed by atoms with E-state index in [0.29, 0.717) is 17.2 Å². The van der Waals surface area contributed by atoms with E-state index in [1.807, 2.05) is 63.2 Å². The maximum absolute atomic E-state index is 13.3. The molecule has 0 aliphatic heterocycles. The number of nitrogens with one attached hydrogen (secondary N) is 1. The minimum atomic E-state index is -0.616. The molecule has 33 heavy (non-hydrogen) atoms. The summed E-state index contributed by atoms with van der Waals surface area (Å²) in [5, 5.41) is 3.57. The molecule has 2 rings (SSSR count). The van der Waals surface area contributed by atoms with Crippen LogP contribution in [0, 0.1) is 0 Å². The van der Waals surface area contributed by atoms with Crippen LogP contribution in [0.25, 0.3) is 0 Å². The lowest BCUT2D eigenvalue weighted by Gasteiger charge is -2.31. The Morgan fingerprint density at radius 3 is 2.21 bits per heavy atom. The number of carbonyl (C=O) groups excluding carboxylic acids is 2. The highest BCUT2D eigenvalue weighted by molar-refractivity contribution is 6.31. The summed E-state index contributed by atoms with van der Waals surface area (Å²) in [5.41, 5.74) is 2.02. The van der Waals surface area contributed by atoms with Gasteiger partial charge in [0.25, 0.3) is 5.91 Å². The zero-order chi connectivity index (χ0) is 24.6. The van der Waals surface area contributed by atoms with E-state index in [9.17, 15) is 9.59 Å². The molecule has 0 saturated carbocycles. The lowest BCUT2D eigenvalue weighted by molar-refractivity contribution is -0.143. The molecule has 0 radical (unpaired) electrons. The van der Waals surface area contributed by atoms with Gasteiger partial charge in [-0.05, 0) is 54.5 Å². The van der Waals surface area contributed by atoms with Crippen molar-refractivity contribution in [2.45, 2.75) is 78.4 Å². The van der Waals surface area contributed by atoms with Crippen LogP contribution in [0.4, 0.5) is 0 Å². The molecule has 2 amide bonds. The minimum absolute atomic E-state index is 0.0291. The first kappa shape index (κ1) is 26.7. The molecule has 2 unspecified atom stereocenters. The number of ether oxygens (including phenoxy) is 1. The van der Waals surface area contributed by atoms with Gasteiger partial charge in [-0.15, -0.1) is 0 Å². The third-order valence-electron chi connectivity index (χ3n) is 5.77. The fourth-order valence-corrected chi connectivity index (χ4v) is 3.65. The number of hydrogen-bond donors (Lipinski definition) is 1. The molecular formula is C27H37ClN2O3. The fourth-order valence-electron chi connectivity index (χ4n) is 3.45. The Morgan fingerprint density at radius 2 is 1.67 bits per heavy atom. The van der Waals surface area contributed by atoms with Crippen molar-refractivity contribution in [1.29, 1.82) is 0 Å². The highest BCUT2D eigenvalue weighted by Gasteiger charge is 2.30. The smallest absolute Gasteiger partial charge is 0.261 e. The Balaban J connectivity index is 2.21. The van der Waals surface area contributed by atoms with Crippen LogP contribution in [0.5, 0.6) is 5.75 Å². The van der Waals surface area contributed by atoms with Gasteiger partial charge < -0.3 is 15.0 Å². The van der Waals surface area contributed by atoms with Gasteiger partial charge in [0.2, 0.25) is 5.91 Å². The van der Waals surface area contributed by atoms with E-state index < -0.39 is 6.04 Å². The standard InChI is InChI=1S/C27H37ClN2O3/c1-7-19(3)29-26(32)24(8-2)30(17-20-11-9-10-12-23(20)28)25(31)18-33-22-15-13-21(14-16-22)27(4,5)6/h9-16,19,24H,7-8,17-18H2,1-6H3,(H,29,32). The van der Waals surface area contributed by atoms with E-state index in [1.165, 1.54) is 5.56 Å². The molecule has 2 aromatic rings. The van der Waals surface area contributed by atoms with Crippen LogP contribution in [0.3, 0.4) is 0 Å². The molecule has 0 aliphatic rings. The largest absolute Gasteiger partial charge is 0.484 e. The van der Waals surface area contributed by atoms with Crippen LogP contribution in [0.2, 0.25) is 5.02 Å². The van der Waals surface area contributed by atoms with E-state index in [-0.39, 0.29) is 36.4 Å². The quantitative estimate of drug-likeness (QED) is 0.479. The van der Waals surface area contributed by atoms with E-state index in [4.69, 9.17) is 16.3 Å². The summed E-state index contributed by atoms with van der Waals surface area (Å²) in [5.74, 6) is 0.189. The Hall–Kier alpha value is -2.53. The van der Waals surface area contributed by atoms with Crippen molar-refractivity contribution in [3.63, 3.8) is 0 Å². The number of rotatable bonds is 10. The second-order valence-electron chi connectivity index (χ2n) is 9.42. The van der Waals surface area contributed by atoms with Gasteiger partial charge in [-0.1, -0.05) is 76.6 Å². The molecule has 0 aromatic heterocycles. The zero-order valence-corrected chi connectivity index (χ0v) is 21.4. The molecular weight excluding hydrogens is 436 g/mol. The molecule has 5 nitrogen and oxygen atoms in total. The third kappa shape index (κ3) is 7.78. The first-order chi connectivity index (χ1) is 15.6. The molecule has 1 N–H and O–H groups in total. The van der Waals surface area contributed by atoms with Crippen molar-refractivity contribution < 1.29 is 14.3 Å². The molecule has 0 bridgehead atoms. The van der Waals surface area contributed by atoms with Gasteiger partial charge in [0.1, 0.15) is 11.8 Å². The van der Waals surface area contributed by atoms with E-state index in [0.717, 1.165) is 12.0 Å². The molecule has 180 valence electrons. The summed E-state index contributed by atoms with van der Waals surface area (Å²) in [4.78, 5) is 27.9. The van der Waals surface area contributed by atoms with Crippen molar-refractivity contribution in [3.05, 3.63) is 64.7 Å². The molecule has 0 spiro atoms. The third-order valence-corrected chi connectivity index (χ3v) is 6.14. The van der Waals surface area contributed by atoms with Gasteiger partial charge in [0.15, 0.2) is 6.61 Å². The summed E-state index contributed by atoms with van der Waals surface area (Å²) >= 11 is 6.36. The van der Waals surface area contributed by atoms with Gasteiger partial charge in [0.05, 0.1) is 0 Å². The van der Waals surface area contributed by atoms with Crippen LogP contribution in [-0.2, 0) is 21.5 Å². The normalized spacial score (nSPS) is 13.2. The summed E-state index contributed by atoms with van der Waals surface area (Å²) < 4.78 is 5.81. The molecule has 0 heterocycles. The number of carbonyl (C=O) groups is 2. The van der Waals surface area contributed by atoms with Gasteiger partial charge in [-0.2, -0.15) is 0 Å². The van der Waals surface area contributed by atoms with Crippen molar-refractivity contribution in [2.24, 2.45) is 0 Å². The maximum Gasteiger partial charge on any atom is 0.261 e. The molecule has 2 aromatic carbocycles. The number of hydrogen-bond acceptors (Lipinski definition) is 3. The fraction of sp³-hybridized carbons (Fsp3) is 0.481. The topological polar surface area (TPSA) is 58.6 Å². The van der Waals surface area contributed by atoms with Crippen molar-refractivity contribution >= 4 is 23.4 Å². The highest BCUT2D eigenvalue weighted by Crippen LogP contribution is 2.25. The Morgan fingerprint density at radius 1 is 1.03 bits per heavy atom. The number of benzene rings is 2. The number of amides is 2. The minimum Gasteiger partial charge on any atom is -0.484 e. The predicted molar refractivity (Wildman–Crippen MR) is 135 cm³/mol. The average Bonchev–Trinajstić information content (AvgIpc) is 2.78. The Kier molecular flexibility index (Phi) is 9.78. The van der Waals surface area contributed by atoms with Crippen LogP contribution in [0.1, 0.15) is 65.5 Å². The Bertz CT molecular complexity index is 922. The van der Waals surface area contributed by atoms with Gasteiger partial charge in [-0.3, -0.25) is 9.59 Å². The van der Waals surface area contributed by atoms with Crippen molar-refractivity contribution in [3.8, 4) is 5.75 Å². The van der Waals surface area contributed by atoms with Crippen LogP contribution in [0.15, 0.2) is 48.5 Å². The second kappa shape index (κ2) is 12.1. The summed E-state index contributed by atoms with van der Waals surface area (Å²) in [6.45, 7) is 12.4. The molecule has 2 atom stereocenters. The predicted octanol–water partition coefficient (Wildman–Crippen LogP) is 5.74. The number of halogens is 1. The lowest BCUT2D eigenvalue weighted by atomic mass is 9.87. The van der Waals surface area contributed by atoms with Crippen LogP contribution < -0.4 is 10.1 Å². The maximum atomic E-state index is 13.3. The van der Waals surface area contributed by atoms with Crippen molar-refractivity contribution in [1.82, 2.24) is 10.2 Å². The monoisotopic (exact) mass is 472 g/mol. The first-order valence-corrected chi connectivity index (χ1v) is 12.0. The van der Waals surface area contributed by atoms with Gasteiger partial charge in [0, 0.05) is 17.6 Å². The zero-order valence-electron chi connectivity index (χ0n) is 20.7. The summed E-state index contributed by atoms with van der Waals surface area (Å²) in [6, 6.07) is 14.5. The molecule has 6 heteroatoms. The van der Waals surface area contributed by atoms with E-state index >= 15 is 0 Å². The Labute approximate surface area is 203 Å². The van der Waals surface area contributed by atoms with E-state index in [1.54, 1.807) is 11.0 Å². The summed E-state index contributed by atoms with van der Waals surface area (Å²) in [6.07, 6.45) is 1.30. The SMILES string of the molecule is CCC(C)NC(=O)C(CC)N(Cc1ccccc1Cl)C(=O)COc1ccc(C(C)(C)C)cc1. The summed E-state index contributed by atoms with van der Waals surface area (Å²) in [7, 11) is 0. The lowest BCUT2D eigenvalue weighted by Crippen LogP contribution is -2.51. The van der Waals surface area contributed by atoms with Gasteiger partial charge >= 0.3 is 0 Å². The van der Waals surface area contributed by atoms with E-state index in [2.05, 4.69) is 26.1 Å². The van der Waals surface area contributed by atoms with Crippen LogP contribution in [-0.4, -0.2) is 35.4 Å². The van der Waals surface area contributed by atoms with Gasteiger partial charge in [-0.25, -0.2) is 0 Å².